The Balaban J connectivity index is 2.13. The Bertz CT molecular complexity index is 817. The Hall–Kier alpha value is -1.97. The van der Waals surface area contributed by atoms with Gasteiger partial charge in [-0.15, -0.1) is 0 Å². The van der Waals surface area contributed by atoms with Gasteiger partial charge >= 0.3 is 0 Å². The van der Waals surface area contributed by atoms with Crippen LogP contribution in [-0.2, 0) is 0 Å². The number of nitrogens with two attached hydrogens (primary N) is 1. The van der Waals surface area contributed by atoms with Gasteiger partial charge in [0.1, 0.15) is 5.82 Å². The van der Waals surface area contributed by atoms with Crippen LogP contribution in [-0.4, -0.2) is 4.98 Å². The van der Waals surface area contributed by atoms with Gasteiger partial charge in [0.25, 0.3) is 0 Å². The van der Waals surface area contributed by atoms with Crippen LogP contribution in [0.2, 0.25) is 5.02 Å². The predicted octanol–water partition coefficient (Wildman–Crippen LogP) is 4.38. The van der Waals surface area contributed by atoms with Gasteiger partial charge in [0.2, 0.25) is 0 Å². The Kier molecular flexibility index (Phi) is 3.62. The van der Waals surface area contributed by atoms with Crippen molar-refractivity contribution in [2.45, 2.75) is 13.0 Å². The molecule has 0 fully saturated rings. The van der Waals surface area contributed by atoms with E-state index in [-0.39, 0.29) is 5.82 Å². The van der Waals surface area contributed by atoms with Crippen LogP contribution in [0.5, 0.6) is 0 Å². The van der Waals surface area contributed by atoms with E-state index in [1.54, 1.807) is 0 Å². The number of benzene rings is 2. The number of hydrogen-bond donors (Lipinski definition) is 1. The van der Waals surface area contributed by atoms with Gasteiger partial charge in [-0.1, -0.05) is 29.8 Å². The first-order valence-electron chi connectivity index (χ1n) is 6.63. The fourth-order valence-corrected chi connectivity index (χ4v) is 2.68. The maximum absolute atomic E-state index is 13.4. The van der Waals surface area contributed by atoms with Gasteiger partial charge < -0.3 is 5.73 Å². The van der Waals surface area contributed by atoms with Crippen LogP contribution in [0.1, 0.15) is 22.9 Å². The summed E-state index contributed by atoms with van der Waals surface area (Å²) in [6, 6.07) is 13.4. The number of rotatable bonds is 2. The molecule has 2 nitrogen and oxygen atoms in total. The van der Waals surface area contributed by atoms with Gasteiger partial charge in [0, 0.05) is 10.4 Å². The highest BCUT2D eigenvalue weighted by molar-refractivity contribution is 6.31. The van der Waals surface area contributed by atoms with Crippen molar-refractivity contribution < 1.29 is 4.39 Å². The van der Waals surface area contributed by atoms with Crippen LogP contribution >= 0.6 is 11.6 Å². The molecule has 3 aromatic rings. The van der Waals surface area contributed by atoms with Crippen molar-refractivity contribution in [3.05, 3.63) is 76.2 Å². The number of aromatic nitrogens is 1. The second-order valence-corrected chi connectivity index (χ2v) is 5.43. The Morgan fingerprint density at radius 2 is 1.90 bits per heavy atom. The number of nitrogens with zero attached hydrogens (tertiary/aromatic N) is 1. The zero-order chi connectivity index (χ0) is 15.0. The minimum Gasteiger partial charge on any atom is -0.319 e. The van der Waals surface area contributed by atoms with Crippen molar-refractivity contribution in [2.24, 2.45) is 5.73 Å². The van der Waals surface area contributed by atoms with Crippen LogP contribution in [0.3, 0.4) is 0 Å². The van der Waals surface area contributed by atoms with Crippen LogP contribution in [0.25, 0.3) is 10.9 Å². The minimum absolute atomic E-state index is 0.359. The van der Waals surface area contributed by atoms with Gasteiger partial charge in [-0.3, -0.25) is 4.98 Å². The van der Waals surface area contributed by atoms with E-state index in [0.29, 0.717) is 16.3 Å². The first-order chi connectivity index (χ1) is 10.1. The van der Waals surface area contributed by atoms with E-state index < -0.39 is 6.04 Å². The first-order valence-corrected chi connectivity index (χ1v) is 7.01. The summed E-state index contributed by atoms with van der Waals surface area (Å²) in [4.78, 5) is 4.58. The molecule has 4 heteroatoms. The van der Waals surface area contributed by atoms with Crippen LogP contribution in [0.15, 0.2) is 48.5 Å². The molecule has 0 radical (unpaired) electrons. The SMILES string of the molecule is Cc1cc(C(N)c2cc(F)ccc2Cl)nc2ccccc12. The summed E-state index contributed by atoms with van der Waals surface area (Å²) in [7, 11) is 0. The Morgan fingerprint density at radius 3 is 2.71 bits per heavy atom. The average Bonchev–Trinajstić information content (AvgIpc) is 2.49. The zero-order valence-corrected chi connectivity index (χ0v) is 12.2. The minimum atomic E-state index is -0.559. The van der Waals surface area contributed by atoms with E-state index in [2.05, 4.69) is 4.98 Å². The molecule has 2 aromatic carbocycles. The van der Waals surface area contributed by atoms with Gasteiger partial charge in [-0.25, -0.2) is 4.39 Å². The van der Waals surface area contributed by atoms with Crippen LogP contribution in [0.4, 0.5) is 4.39 Å². The zero-order valence-electron chi connectivity index (χ0n) is 11.5. The van der Waals surface area contributed by atoms with Crippen molar-refractivity contribution in [1.29, 1.82) is 0 Å². The molecule has 106 valence electrons. The molecular formula is C17H14ClFN2. The molecule has 0 aliphatic heterocycles. The molecule has 1 heterocycles. The third kappa shape index (κ3) is 2.62. The third-order valence-corrected chi connectivity index (χ3v) is 3.90. The topological polar surface area (TPSA) is 38.9 Å². The molecule has 0 saturated heterocycles. The fraction of sp³-hybridized carbons (Fsp3) is 0.118. The van der Waals surface area contributed by atoms with Gasteiger partial charge in [-0.05, 0) is 48.4 Å². The monoisotopic (exact) mass is 300 g/mol. The van der Waals surface area contributed by atoms with E-state index >= 15 is 0 Å². The van der Waals surface area contributed by atoms with Crippen molar-refractivity contribution in [3.8, 4) is 0 Å². The fourth-order valence-electron chi connectivity index (χ4n) is 2.45. The Labute approximate surface area is 127 Å². The molecule has 3 rings (SSSR count). The van der Waals surface area contributed by atoms with E-state index in [1.807, 2.05) is 37.3 Å². The lowest BCUT2D eigenvalue weighted by atomic mass is 10.0. The van der Waals surface area contributed by atoms with Gasteiger partial charge in [0.05, 0.1) is 17.3 Å². The second kappa shape index (κ2) is 5.43. The van der Waals surface area contributed by atoms with Crippen molar-refractivity contribution >= 4 is 22.5 Å². The van der Waals surface area contributed by atoms with Crippen molar-refractivity contribution in [3.63, 3.8) is 0 Å². The normalized spacial score (nSPS) is 12.6. The second-order valence-electron chi connectivity index (χ2n) is 5.02. The molecule has 0 saturated carbocycles. The molecule has 0 aliphatic carbocycles. The molecular weight excluding hydrogens is 287 g/mol. The average molecular weight is 301 g/mol. The summed E-state index contributed by atoms with van der Waals surface area (Å²) < 4.78 is 13.4. The molecule has 1 unspecified atom stereocenters. The van der Waals surface area contributed by atoms with E-state index in [9.17, 15) is 4.39 Å². The lowest BCUT2D eigenvalue weighted by Gasteiger charge is -2.15. The highest BCUT2D eigenvalue weighted by atomic mass is 35.5. The number of aryl methyl sites for hydroxylation is 1. The summed E-state index contributed by atoms with van der Waals surface area (Å²) in [6.07, 6.45) is 0. The lowest BCUT2D eigenvalue weighted by molar-refractivity contribution is 0.623. The highest BCUT2D eigenvalue weighted by Crippen LogP contribution is 2.28. The third-order valence-electron chi connectivity index (χ3n) is 3.55. The maximum atomic E-state index is 13.4. The molecule has 21 heavy (non-hydrogen) atoms. The number of halogens is 2. The number of hydrogen-bond acceptors (Lipinski definition) is 2. The van der Waals surface area contributed by atoms with Crippen molar-refractivity contribution in [2.75, 3.05) is 0 Å². The van der Waals surface area contributed by atoms with Crippen molar-refractivity contribution in [1.82, 2.24) is 4.98 Å². The highest BCUT2D eigenvalue weighted by Gasteiger charge is 2.16. The van der Waals surface area contributed by atoms with Crippen LogP contribution < -0.4 is 5.73 Å². The predicted molar refractivity (Wildman–Crippen MR) is 83.9 cm³/mol. The molecule has 0 amide bonds. The lowest BCUT2D eigenvalue weighted by Crippen LogP contribution is -2.14. The van der Waals surface area contributed by atoms with Gasteiger partial charge in [0.15, 0.2) is 0 Å². The van der Waals surface area contributed by atoms with E-state index in [1.165, 1.54) is 18.2 Å². The molecule has 1 aromatic heterocycles. The summed E-state index contributed by atoms with van der Waals surface area (Å²) in [5, 5.41) is 1.52. The summed E-state index contributed by atoms with van der Waals surface area (Å²) >= 11 is 6.12. The smallest absolute Gasteiger partial charge is 0.123 e. The Morgan fingerprint density at radius 1 is 1.14 bits per heavy atom. The molecule has 0 aliphatic rings. The first kappa shape index (κ1) is 14.0. The standard InChI is InChI=1S/C17H14ClFN2/c1-10-8-16(21-15-5-3-2-4-12(10)15)17(20)13-9-11(19)6-7-14(13)18/h2-9,17H,20H2,1H3. The summed E-state index contributed by atoms with van der Waals surface area (Å²) in [5.74, 6) is -0.359. The van der Waals surface area contributed by atoms with E-state index in [0.717, 1.165) is 16.5 Å². The van der Waals surface area contributed by atoms with Crippen LogP contribution in [0, 0.1) is 12.7 Å². The largest absolute Gasteiger partial charge is 0.319 e. The number of para-hydroxylation sites is 1. The molecule has 1 atom stereocenters. The molecule has 0 spiro atoms. The van der Waals surface area contributed by atoms with E-state index in [4.69, 9.17) is 17.3 Å². The summed E-state index contributed by atoms with van der Waals surface area (Å²) in [6.45, 7) is 2.01. The number of pyridine rings is 1. The maximum Gasteiger partial charge on any atom is 0.123 e. The summed E-state index contributed by atoms with van der Waals surface area (Å²) in [5.41, 5.74) is 9.41. The molecule has 0 bridgehead atoms. The quantitative estimate of drug-likeness (QED) is 0.762. The number of fused-ring (bicyclic) bond motifs is 1. The van der Waals surface area contributed by atoms with Gasteiger partial charge in [-0.2, -0.15) is 0 Å². The molecule has 2 N–H and O–H groups in total.